The molecule has 1 aromatic heterocycles. The predicted molar refractivity (Wildman–Crippen MR) is 68.8 cm³/mol. The predicted octanol–water partition coefficient (Wildman–Crippen LogP) is 3.19. The highest BCUT2D eigenvalue weighted by Crippen LogP contribution is 2.17. The number of rotatable bonds is 2. The van der Waals surface area contributed by atoms with Gasteiger partial charge in [0.05, 0.1) is 0 Å². The summed E-state index contributed by atoms with van der Waals surface area (Å²) in [7, 11) is 0. The summed E-state index contributed by atoms with van der Waals surface area (Å²) in [4.78, 5) is 12.1. The molecule has 0 spiro atoms. The Morgan fingerprint density at radius 1 is 1.00 bits per heavy atom. The third-order valence-corrected chi connectivity index (χ3v) is 2.65. The summed E-state index contributed by atoms with van der Waals surface area (Å²) >= 11 is 5.77. The summed E-state index contributed by atoms with van der Waals surface area (Å²) in [5, 5.41) is 3.30. The number of nitrogens with one attached hydrogen (secondary N) is 1. The second-order valence-electron chi connectivity index (χ2n) is 3.90. The molecular formula is C12H13ClN4. The molecule has 0 atom stereocenters. The molecule has 2 aromatic rings. The minimum atomic E-state index is 0.198. The smallest absolute Gasteiger partial charge is 0.231 e. The molecule has 0 amide bonds. The second kappa shape index (κ2) is 4.67. The van der Waals surface area contributed by atoms with Gasteiger partial charge in [-0.25, -0.2) is 4.98 Å². The third kappa shape index (κ3) is 2.91. The van der Waals surface area contributed by atoms with Crippen molar-refractivity contribution in [3.63, 3.8) is 0 Å². The molecule has 0 bridgehead atoms. The van der Waals surface area contributed by atoms with Crippen molar-refractivity contribution in [2.75, 3.05) is 5.32 Å². The van der Waals surface area contributed by atoms with Gasteiger partial charge in [0, 0.05) is 5.69 Å². The van der Waals surface area contributed by atoms with Crippen LogP contribution in [0.15, 0.2) is 18.2 Å². The molecular weight excluding hydrogens is 236 g/mol. The third-order valence-electron chi connectivity index (χ3n) is 2.48. The van der Waals surface area contributed by atoms with Gasteiger partial charge in [-0.2, -0.15) is 9.97 Å². The average molecular weight is 249 g/mol. The number of nitrogens with zero attached hydrogens (tertiary/aromatic N) is 3. The molecule has 0 saturated heterocycles. The number of aromatic nitrogens is 3. The van der Waals surface area contributed by atoms with E-state index in [4.69, 9.17) is 11.6 Å². The van der Waals surface area contributed by atoms with E-state index < -0.39 is 0 Å². The first-order valence-corrected chi connectivity index (χ1v) is 5.65. The molecule has 88 valence electrons. The summed E-state index contributed by atoms with van der Waals surface area (Å²) < 4.78 is 0. The molecule has 4 nitrogen and oxygen atoms in total. The van der Waals surface area contributed by atoms with E-state index in [2.05, 4.69) is 34.1 Å². The minimum absolute atomic E-state index is 0.198. The molecule has 0 radical (unpaired) electrons. The van der Waals surface area contributed by atoms with Crippen molar-refractivity contribution in [2.24, 2.45) is 0 Å². The van der Waals surface area contributed by atoms with Crippen LogP contribution in [0.5, 0.6) is 0 Å². The summed E-state index contributed by atoms with van der Waals surface area (Å²) in [6, 6.07) is 6.07. The Morgan fingerprint density at radius 2 is 1.76 bits per heavy atom. The second-order valence-corrected chi connectivity index (χ2v) is 4.24. The van der Waals surface area contributed by atoms with Crippen molar-refractivity contribution < 1.29 is 0 Å². The molecule has 2 rings (SSSR count). The molecule has 1 N–H and O–H groups in total. The molecule has 1 heterocycles. The summed E-state index contributed by atoms with van der Waals surface area (Å²) in [6.07, 6.45) is 0. The molecule has 1 aromatic carbocycles. The average Bonchev–Trinajstić information content (AvgIpc) is 2.22. The quantitative estimate of drug-likeness (QED) is 0.887. The largest absolute Gasteiger partial charge is 0.324 e. The normalized spacial score (nSPS) is 10.4. The molecule has 0 unspecified atom stereocenters. The van der Waals surface area contributed by atoms with E-state index in [9.17, 15) is 0 Å². The van der Waals surface area contributed by atoms with E-state index in [1.165, 1.54) is 11.1 Å². The first-order chi connectivity index (χ1) is 8.04. The van der Waals surface area contributed by atoms with E-state index in [1.54, 1.807) is 6.92 Å². The van der Waals surface area contributed by atoms with Gasteiger partial charge in [0.2, 0.25) is 11.2 Å². The Balaban J connectivity index is 2.28. The van der Waals surface area contributed by atoms with Gasteiger partial charge in [-0.05, 0) is 55.6 Å². The van der Waals surface area contributed by atoms with Crippen LogP contribution >= 0.6 is 11.6 Å². The Hall–Kier alpha value is -1.68. The topological polar surface area (TPSA) is 50.7 Å². The summed E-state index contributed by atoms with van der Waals surface area (Å²) in [5.74, 6) is 1.06. The highest BCUT2D eigenvalue weighted by Gasteiger charge is 2.03. The lowest BCUT2D eigenvalue weighted by atomic mass is 10.1. The maximum absolute atomic E-state index is 5.77. The van der Waals surface area contributed by atoms with Crippen LogP contribution in [0.3, 0.4) is 0 Å². The molecule has 0 aliphatic heterocycles. The van der Waals surface area contributed by atoms with Crippen LogP contribution in [0.2, 0.25) is 5.28 Å². The number of halogens is 1. The number of hydrogen-bond acceptors (Lipinski definition) is 4. The zero-order valence-corrected chi connectivity index (χ0v) is 10.7. The number of benzene rings is 1. The van der Waals surface area contributed by atoms with E-state index in [1.807, 2.05) is 18.2 Å². The molecule has 0 fully saturated rings. The fourth-order valence-electron chi connectivity index (χ4n) is 1.45. The zero-order valence-electron chi connectivity index (χ0n) is 9.95. The number of hydrogen-bond donors (Lipinski definition) is 1. The van der Waals surface area contributed by atoms with E-state index in [0.29, 0.717) is 11.8 Å². The first-order valence-electron chi connectivity index (χ1n) is 5.27. The van der Waals surface area contributed by atoms with E-state index in [-0.39, 0.29) is 5.28 Å². The summed E-state index contributed by atoms with van der Waals surface area (Å²) in [5.41, 5.74) is 3.40. The van der Waals surface area contributed by atoms with Crippen LogP contribution in [-0.2, 0) is 0 Å². The number of aryl methyl sites for hydroxylation is 3. The highest BCUT2D eigenvalue weighted by molar-refractivity contribution is 6.28. The van der Waals surface area contributed by atoms with Crippen molar-refractivity contribution in [3.8, 4) is 0 Å². The van der Waals surface area contributed by atoms with Crippen LogP contribution in [0, 0.1) is 20.8 Å². The van der Waals surface area contributed by atoms with Crippen molar-refractivity contribution in [2.45, 2.75) is 20.8 Å². The molecule has 5 heteroatoms. The monoisotopic (exact) mass is 248 g/mol. The molecule has 0 saturated carbocycles. The Morgan fingerprint density at radius 3 is 2.41 bits per heavy atom. The minimum Gasteiger partial charge on any atom is -0.324 e. The fraction of sp³-hybridized carbons (Fsp3) is 0.250. The van der Waals surface area contributed by atoms with Gasteiger partial charge in [0.25, 0.3) is 0 Å². The van der Waals surface area contributed by atoms with Crippen molar-refractivity contribution >= 4 is 23.2 Å². The lowest BCUT2D eigenvalue weighted by molar-refractivity contribution is 0.982. The van der Waals surface area contributed by atoms with Gasteiger partial charge in [-0.1, -0.05) is 6.07 Å². The lowest BCUT2D eigenvalue weighted by Gasteiger charge is -2.07. The SMILES string of the molecule is Cc1nc(Cl)nc(Nc2ccc(C)c(C)c2)n1. The zero-order chi connectivity index (χ0) is 12.4. The Bertz CT molecular complexity index is 534. The molecule has 17 heavy (non-hydrogen) atoms. The van der Waals surface area contributed by atoms with Gasteiger partial charge >= 0.3 is 0 Å². The Kier molecular flexibility index (Phi) is 3.24. The standard InChI is InChI=1S/C12H13ClN4/c1-7-4-5-10(6-8(7)2)16-12-15-9(3)14-11(13)17-12/h4-6H,1-3H3,(H,14,15,16,17). The van der Waals surface area contributed by atoms with Crippen LogP contribution < -0.4 is 5.32 Å². The fourth-order valence-corrected chi connectivity index (χ4v) is 1.66. The maximum Gasteiger partial charge on any atom is 0.231 e. The van der Waals surface area contributed by atoms with Gasteiger partial charge < -0.3 is 5.32 Å². The van der Waals surface area contributed by atoms with Crippen LogP contribution in [0.25, 0.3) is 0 Å². The van der Waals surface area contributed by atoms with E-state index >= 15 is 0 Å². The molecule has 0 aliphatic carbocycles. The van der Waals surface area contributed by atoms with E-state index in [0.717, 1.165) is 5.69 Å². The van der Waals surface area contributed by atoms with Crippen molar-refractivity contribution in [1.29, 1.82) is 0 Å². The lowest BCUT2D eigenvalue weighted by Crippen LogP contribution is -2.01. The van der Waals surface area contributed by atoms with Crippen LogP contribution in [0.1, 0.15) is 17.0 Å². The van der Waals surface area contributed by atoms with Crippen LogP contribution in [0.4, 0.5) is 11.6 Å². The highest BCUT2D eigenvalue weighted by atomic mass is 35.5. The van der Waals surface area contributed by atoms with Gasteiger partial charge in [0.15, 0.2) is 0 Å². The maximum atomic E-state index is 5.77. The van der Waals surface area contributed by atoms with Crippen molar-refractivity contribution in [3.05, 3.63) is 40.4 Å². The molecule has 0 aliphatic rings. The summed E-state index contributed by atoms with van der Waals surface area (Å²) in [6.45, 7) is 5.91. The van der Waals surface area contributed by atoms with Crippen LogP contribution in [-0.4, -0.2) is 15.0 Å². The number of anilines is 2. The van der Waals surface area contributed by atoms with Gasteiger partial charge in [0.1, 0.15) is 5.82 Å². The van der Waals surface area contributed by atoms with Crippen molar-refractivity contribution in [1.82, 2.24) is 15.0 Å². The Labute approximate surface area is 105 Å². The first kappa shape index (κ1) is 11.8. The van der Waals surface area contributed by atoms with Gasteiger partial charge in [-0.3, -0.25) is 0 Å². The van der Waals surface area contributed by atoms with Gasteiger partial charge in [-0.15, -0.1) is 0 Å².